The van der Waals surface area contributed by atoms with E-state index < -0.39 is 5.97 Å². The number of halogens is 2. The van der Waals surface area contributed by atoms with Crippen molar-refractivity contribution in [1.82, 2.24) is 9.78 Å². The lowest BCUT2D eigenvalue weighted by Crippen LogP contribution is -2.12. The maximum atomic E-state index is 10.7. The monoisotopic (exact) mass is 515 g/mol. The Morgan fingerprint density at radius 1 is 1.07 bits per heavy atom. The highest BCUT2D eigenvalue weighted by molar-refractivity contribution is 9.11. The van der Waals surface area contributed by atoms with E-state index in [1.807, 2.05) is 59.4 Å². The molecule has 8 heteroatoms. The number of benzene rings is 3. The average Bonchev–Trinajstić information content (AvgIpc) is 3.13. The summed E-state index contributed by atoms with van der Waals surface area (Å²) in [5.74, 6) is 0.334. The number of anilines is 1. The molecule has 0 fully saturated rings. The minimum absolute atomic E-state index is 0.166. The quantitative estimate of drug-likeness (QED) is 0.336. The van der Waals surface area contributed by atoms with Crippen LogP contribution in [0.1, 0.15) is 0 Å². The van der Waals surface area contributed by atoms with Gasteiger partial charge in [-0.15, -0.1) is 0 Å². The normalized spacial score (nSPS) is 10.8. The van der Waals surface area contributed by atoms with Crippen LogP contribution in [-0.2, 0) is 4.79 Å². The van der Waals surface area contributed by atoms with Gasteiger partial charge in [0.2, 0.25) is 0 Å². The summed E-state index contributed by atoms with van der Waals surface area (Å²) < 4.78 is 9.29. The number of ether oxygens (including phenoxy) is 1. The molecule has 0 atom stereocenters. The molecule has 1 aromatic heterocycles. The number of carbonyl (C=O) groups is 1. The number of aromatic nitrogens is 2. The Kier molecular flexibility index (Phi) is 5.55. The fourth-order valence-electron chi connectivity index (χ4n) is 2.84. The van der Waals surface area contributed by atoms with Crippen LogP contribution in [0.5, 0.6) is 11.5 Å². The molecule has 3 aromatic carbocycles. The van der Waals surface area contributed by atoms with Crippen LogP contribution in [0.3, 0.4) is 0 Å². The van der Waals surface area contributed by atoms with Crippen molar-refractivity contribution in [2.75, 3.05) is 11.9 Å². The zero-order valence-electron chi connectivity index (χ0n) is 15.0. The Bertz CT molecular complexity index is 1170. The maximum absolute atomic E-state index is 10.7. The van der Waals surface area contributed by atoms with Gasteiger partial charge < -0.3 is 15.2 Å². The zero-order valence-corrected chi connectivity index (χ0v) is 18.1. The molecule has 6 nitrogen and oxygen atoms in total. The first-order valence-electron chi connectivity index (χ1n) is 8.67. The summed E-state index contributed by atoms with van der Waals surface area (Å²) in [6.07, 6.45) is 1.96. The van der Waals surface area contributed by atoms with E-state index in [1.54, 1.807) is 12.1 Å². The van der Waals surface area contributed by atoms with Gasteiger partial charge in [0.1, 0.15) is 12.3 Å². The molecule has 29 heavy (non-hydrogen) atoms. The van der Waals surface area contributed by atoms with E-state index in [0.29, 0.717) is 26.1 Å². The number of aliphatic carboxylic acids is 1. The summed E-state index contributed by atoms with van der Waals surface area (Å²) in [4.78, 5) is 10.7. The Hall–Kier alpha value is -2.84. The van der Waals surface area contributed by atoms with Gasteiger partial charge in [-0.1, -0.05) is 18.2 Å². The third-order valence-corrected chi connectivity index (χ3v) is 5.34. The van der Waals surface area contributed by atoms with Crippen LogP contribution < -0.4 is 10.1 Å². The van der Waals surface area contributed by atoms with Crippen molar-refractivity contribution in [2.24, 2.45) is 0 Å². The first-order valence-corrected chi connectivity index (χ1v) is 10.3. The highest BCUT2D eigenvalue weighted by Gasteiger charge is 2.12. The number of rotatable bonds is 6. The predicted molar refractivity (Wildman–Crippen MR) is 119 cm³/mol. The summed E-state index contributed by atoms with van der Waals surface area (Å²) in [5, 5.41) is 17.2. The molecule has 0 radical (unpaired) electrons. The number of nitrogens with one attached hydrogen (secondary N) is 1. The lowest BCUT2D eigenvalue weighted by Gasteiger charge is -2.12. The second-order valence-corrected chi connectivity index (χ2v) is 7.96. The Morgan fingerprint density at radius 3 is 2.48 bits per heavy atom. The minimum Gasteiger partial charge on any atom is -0.480 e. The molecule has 0 aliphatic rings. The molecular weight excluding hydrogens is 502 g/mol. The van der Waals surface area contributed by atoms with Crippen LogP contribution in [-0.4, -0.2) is 27.4 Å². The molecule has 1 heterocycles. The standard InChI is InChI=1S/C21H15Br2N3O3/c22-17-9-14(24-11-20(27)28)10-18(23)21(17)29-16-6-7-19-13(8-16)12-26(25-19)15-4-2-1-3-5-15/h1-10,12,24H,11H2,(H,27,28). The van der Waals surface area contributed by atoms with E-state index in [2.05, 4.69) is 42.3 Å². The van der Waals surface area contributed by atoms with Crippen molar-refractivity contribution in [1.29, 1.82) is 0 Å². The number of hydrogen-bond donors (Lipinski definition) is 2. The topological polar surface area (TPSA) is 76.4 Å². The van der Waals surface area contributed by atoms with Gasteiger partial charge in [-0.3, -0.25) is 4.79 Å². The number of carboxylic acid groups (broad SMARTS) is 1. The molecule has 0 unspecified atom stereocenters. The van der Waals surface area contributed by atoms with Crippen LogP contribution >= 0.6 is 31.9 Å². The second-order valence-electron chi connectivity index (χ2n) is 6.25. The summed E-state index contributed by atoms with van der Waals surface area (Å²) in [6, 6.07) is 19.2. The van der Waals surface area contributed by atoms with Gasteiger partial charge in [0, 0.05) is 17.3 Å². The predicted octanol–water partition coefficient (Wildman–Crippen LogP) is 5.84. The third-order valence-electron chi connectivity index (χ3n) is 4.16. The minimum atomic E-state index is -0.929. The van der Waals surface area contributed by atoms with E-state index in [1.165, 1.54) is 0 Å². The van der Waals surface area contributed by atoms with E-state index in [9.17, 15) is 4.79 Å². The van der Waals surface area contributed by atoms with Crippen LogP contribution in [0.25, 0.3) is 16.6 Å². The third kappa shape index (κ3) is 4.44. The van der Waals surface area contributed by atoms with Gasteiger partial charge in [0.15, 0.2) is 5.75 Å². The van der Waals surface area contributed by atoms with Crippen molar-refractivity contribution < 1.29 is 14.6 Å². The summed E-state index contributed by atoms with van der Waals surface area (Å²) in [7, 11) is 0. The number of fused-ring (bicyclic) bond motifs is 1. The number of para-hydroxylation sites is 1. The molecule has 0 saturated carbocycles. The fourth-order valence-corrected chi connectivity index (χ4v) is 4.18. The first-order chi connectivity index (χ1) is 14.0. The molecule has 4 rings (SSSR count). The van der Waals surface area contributed by atoms with Gasteiger partial charge >= 0.3 is 5.97 Å². The lowest BCUT2D eigenvalue weighted by atomic mass is 10.2. The van der Waals surface area contributed by atoms with Gasteiger partial charge in [0.05, 0.1) is 20.1 Å². The van der Waals surface area contributed by atoms with Gasteiger partial charge in [-0.2, -0.15) is 5.10 Å². The zero-order chi connectivity index (χ0) is 20.4. The SMILES string of the molecule is O=C(O)CNc1cc(Br)c(Oc2ccc3nn(-c4ccccc4)cc3c2)c(Br)c1. The first kappa shape index (κ1) is 19.5. The van der Waals surface area contributed by atoms with Crippen molar-refractivity contribution in [2.45, 2.75) is 0 Å². The maximum Gasteiger partial charge on any atom is 0.322 e. The molecule has 0 spiro atoms. The van der Waals surface area contributed by atoms with E-state index in [0.717, 1.165) is 16.6 Å². The molecule has 0 bridgehead atoms. The van der Waals surface area contributed by atoms with Crippen LogP contribution in [0.2, 0.25) is 0 Å². The summed E-state index contributed by atoms with van der Waals surface area (Å²) >= 11 is 6.98. The van der Waals surface area contributed by atoms with Crippen LogP contribution in [0.4, 0.5) is 5.69 Å². The van der Waals surface area contributed by atoms with Crippen LogP contribution in [0.15, 0.2) is 75.8 Å². The Labute approximate surface area is 183 Å². The molecule has 0 aliphatic heterocycles. The largest absolute Gasteiger partial charge is 0.480 e. The summed E-state index contributed by atoms with van der Waals surface area (Å²) in [5.41, 5.74) is 2.52. The molecule has 0 amide bonds. The molecule has 2 N–H and O–H groups in total. The van der Waals surface area contributed by atoms with Crippen molar-refractivity contribution in [3.63, 3.8) is 0 Å². The van der Waals surface area contributed by atoms with Gasteiger partial charge in [-0.25, -0.2) is 4.68 Å². The second kappa shape index (κ2) is 8.26. The van der Waals surface area contributed by atoms with E-state index in [-0.39, 0.29) is 6.54 Å². The smallest absolute Gasteiger partial charge is 0.322 e. The number of nitrogens with zero attached hydrogens (tertiary/aromatic N) is 2. The van der Waals surface area contributed by atoms with Gasteiger partial charge in [0.25, 0.3) is 0 Å². The lowest BCUT2D eigenvalue weighted by molar-refractivity contribution is -0.134. The van der Waals surface area contributed by atoms with Crippen molar-refractivity contribution in [3.8, 4) is 17.2 Å². The number of carboxylic acids is 1. The highest BCUT2D eigenvalue weighted by Crippen LogP contribution is 2.39. The van der Waals surface area contributed by atoms with Crippen molar-refractivity contribution >= 4 is 54.4 Å². The number of hydrogen-bond acceptors (Lipinski definition) is 4. The fraction of sp³-hybridized carbons (Fsp3) is 0.0476. The molecule has 146 valence electrons. The highest BCUT2D eigenvalue weighted by atomic mass is 79.9. The average molecular weight is 517 g/mol. The Balaban J connectivity index is 1.60. The van der Waals surface area contributed by atoms with E-state index in [4.69, 9.17) is 9.84 Å². The molecule has 0 aliphatic carbocycles. The van der Waals surface area contributed by atoms with Crippen molar-refractivity contribution in [3.05, 3.63) is 75.8 Å². The molecular formula is C21H15Br2N3O3. The summed E-state index contributed by atoms with van der Waals surface area (Å²) in [6.45, 7) is -0.166. The van der Waals surface area contributed by atoms with E-state index >= 15 is 0 Å². The molecule has 4 aromatic rings. The molecule has 0 saturated heterocycles. The van der Waals surface area contributed by atoms with Gasteiger partial charge in [-0.05, 0) is 74.3 Å². The van der Waals surface area contributed by atoms with Crippen LogP contribution in [0, 0.1) is 0 Å². The Morgan fingerprint density at radius 2 is 1.79 bits per heavy atom.